The Bertz CT molecular complexity index is 562. The molecule has 7 heteroatoms. The van der Waals surface area contributed by atoms with Gasteiger partial charge in [0.1, 0.15) is 6.26 Å². The third-order valence-corrected chi connectivity index (χ3v) is 2.59. The molecule has 0 saturated carbocycles. The van der Waals surface area contributed by atoms with Gasteiger partial charge in [-0.3, -0.25) is 4.79 Å². The second kappa shape index (κ2) is 5.77. The summed E-state index contributed by atoms with van der Waals surface area (Å²) in [6.45, 7) is 0. The first-order valence-corrected chi connectivity index (χ1v) is 5.79. The van der Waals surface area contributed by atoms with E-state index in [2.05, 4.69) is 10.3 Å². The van der Waals surface area contributed by atoms with Crippen LogP contribution in [0.4, 0.5) is 18.9 Å². The van der Waals surface area contributed by atoms with Gasteiger partial charge in [-0.2, -0.15) is 13.2 Å². The quantitative estimate of drug-likeness (QED) is 0.937. The molecule has 1 aromatic heterocycles. The van der Waals surface area contributed by atoms with Crippen LogP contribution in [0.1, 0.15) is 17.7 Å². The monoisotopic (exact) mass is 284 g/mol. The molecule has 0 radical (unpaired) electrons. The molecule has 0 aliphatic heterocycles. The minimum atomic E-state index is -4.38. The number of nitrogens with one attached hydrogen (secondary N) is 1. The van der Waals surface area contributed by atoms with E-state index >= 15 is 0 Å². The molecule has 0 fully saturated rings. The summed E-state index contributed by atoms with van der Waals surface area (Å²) in [6, 6.07) is 4.29. The van der Waals surface area contributed by atoms with Crippen molar-refractivity contribution >= 4 is 11.6 Å². The summed E-state index contributed by atoms with van der Waals surface area (Å²) >= 11 is 0. The van der Waals surface area contributed by atoms with Crippen molar-refractivity contribution in [3.63, 3.8) is 0 Å². The number of aromatic nitrogens is 1. The lowest BCUT2D eigenvalue weighted by Crippen LogP contribution is -2.13. The third-order valence-electron chi connectivity index (χ3n) is 2.59. The fourth-order valence-corrected chi connectivity index (χ4v) is 1.57. The molecule has 1 heterocycles. The number of oxazole rings is 1. The standard InChI is InChI=1S/C13H11F3N2O2/c14-13(15,16)9-1-3-10(4-2-9)18-12(19)6-5-11-7-20-8-17-11/h1-4,7-8H,5-6H2,(H,18,19). The van der Waals surface area contributed by atoms with Crippen molar-refractivity contribution in [1.29, 1.82) is 0 Å². The van der Waals surface area contributed by atoms with Gasteiger partial charge in [0.05, 0.1) is 11.3 Å². The van der Waals surface area contributed by atoms with Gasteiger partial charge in [-0.05, 0) is 24.3 Å². The molecule has 0 unspecified atom stereocenters. The summed E-state index contributed by atoms with van der Waals surface area (Å²) in [4.78, 5) is 15.5. The Morgan fingerprint density at radius 3 is 2.50 bits per heavy atom. The normalized spacial score (nSPS) is 11.3. The number of hydrogen-bond donors (Lipinski definition) is 1. The van der Waals surface area contributed by atoms with Crippen LogP contribution >= 0.6 is 0 Å². The molecule has 2 rings (SSSR count). The highest BCUT2D eigenvalue weighted by atomic mass is 19.4. The maximum atomic E-state index is 12.4. The summed E-state index contributed by atoms with van der Waals surface area (Å²) in [5.41, 5.74) is 0.216. The van der Waals surface area contributed by atoms with E-state index in [-0.39, 0.29) is 12.3 Å². The molecule has 1 amide bonds. The molecule has 20 heavy (non-hydrogen) atoms. The van der Waals surface area contributed by atoms with E-state index in [4.69, 9.17) is 4.42 Å². The van der Waals surface area contributed by atoms with Crippen LogP contribution in [-0.4, -0.2) is 10.9 Å². The molecule has 0 aliphatic carbocycles. The number of alkyl halides is 3. The zero-order chi connectivity index (χ0) is 14.6. The second-order valence-electron chi connectivity index (χ2n) is 4.10. The van der Waals surface area contributed by atoms with Gasteiger partial charge in [0, 0.05) is 18.5 Å². The van der Waals surface area contributed by atoms with Gasteiger partial charge in [-0.15, -0.1) is 0 Å². The zero-order valence-electron chi connectivity index (χ0n) is 10.3. The van der Waals surface area contributed by atoms with Crippen molar-refractivity contribution in [3.8, 4) is 0 Å². The summed E-state index contributed by atoms with van der Waals surface area (Å²) in [5, 5.41) is 2.52. The number of halogens is 3. The number of nitrogens with zero attached hydrogens (tertiary/aromatic N) is 1. The van der Waals surface area contributed by atoms with E-state index in [1.54, 1.807) is 0 Å². The van der Waals surface area contributed by atoms with Crippen LogP contribution in [0.3, 0.4) is 0 Å². The van der Waals surface area contributed by atoms with Crippen LogP contribution in [0.2, 0.25) is 0 Å². The van der Waals surface area contributed by atoms with E-state index in [9.17, 15) is 18.0 Å². The predicted octanol–water partition coefficient (Wildman–Crippen LogP) is 3.26. The lowest BCUT2D eigenvalue weighted by Gasteiger charge is -2.08. The smallest absolute Gasteiger partial charge is 0.416 e. The van der Waals surface area contributed by atoms with E-state index in [1.807, 2.05) is 0 Å². The van der Waals surface area contributed by atoms with Crippen molar-refractivity contribution in [2.45, 2.75) is 19.0 Å². The molecule has 4 nitrogen and oxygen atoms in total. The SMILES string of the molecule is O=C(CCc1cocn1)Nc1ccc(C(F)(F)F)cc1. The molecule has 1 aromatic carbocycles. The zero-order valence-corrected chi connectivity index (χ0v) is 10.3. The minimum Gasteiger partial charge on any atom is -0.451 e. The number of benzene rings is 1. The number of aryl methyl sites for hydroxylation is 1. The predicted molar refractivity (Wildman–Crippen MR) is 64.9 cm³/mol. The van der Waals surface area contributed by atoms with Crippen LogP contribution in [-0.2, 0) is 17.4 Å². The van der Waals surface area contributed by atoms with Crippen LogP contribution in [0.25, 0.3) is 0 Å². The molecular weight excluding hydrogens is 273 g/mol. The summed E-state index contributed by atoms with van der Waals surface area (Å²) < 4.78 is 41.8. The number of carbonyl (C=O) groups excluding carboxylic acids is 1. The Labute approximate surface area is 112 Å². The Morgan fingerprint density at radius 1 is 1.25 bits per heavy atom. The van der Waals surface area contributed by atoms with Gasteiger partial charge < -0.3 is 9.73 Å². The van der Waals surface area contributed by atoms with Crippen molar-refractivity contribution in [2.75, 3.05) is 5.32 Å². The van der Waals surface area contributed by atoms with Crippen LogP contribution in [0.5, 0.6) is 0 Å². The van der Waals surface area contributed by atoms with E-state index in [0.717, 1.165) is 12.1 Å². The summed E-state index contributed by atoms with van der Waals surface area (Å²) in [7, 11) is 0. The van der Waals surface area contributed by atoms with Gasteiger partial charge in [0.15, 0.2) is 6.39 Å². The molecule has 106 valence electrons. The van der Waals surface area contributed by atoms with Crippen molar-refractivity contribution in [3.05, 3.63) is 48.2 Å². The first-order valence-electron chi connectivity index (χ1n) is 5.79. The Morgan fingerprint density at radius 2 is 1.95 bits per heavy atom. The Kier molecular flexibility index (Phi) is 4.07. The average Bonchev–Trinajstić information content (AvgIpc) is 2.89. The summed E-state index contributed by atoms with van der Waals surface area (Å²) in [6.07, 6.45) is -1.10. The molecular formula is C13H11F3N2O2. The summed E-state index contributed by atoms with van der Waals surface area (Å²) in [5.74, 6) is -0.298. The minimum absolute atomic E-state index is 0.174. The second-order valence-corrected chi connectivity index (χ2v) is 4.10. The lowest BCUT2D eigenvalue weighted by atomic mass is 10.2. The van der Waals surface area contributed by atoms with Crippen molar-refractivity contribution in [2.24, 2.45) is 0 Å². The first-order chi connectivity index (χ1) is 9.45. The number of rotatable bonds is 4. The maximum absolute atomic E-state index is 12.4. The largest absolute Gasteiger partial charge is 0.451 e. The van der Waals surface area contributed by atoms with Gasteiger partial charge in [0.25, 0.3) is 0 Å². The number of amides is 1. The highest BCUT2D eigenvalue weighted by Crippen LogP contribution is 2.29. The average molecular weight is 284 g/mol. The fourth-order valence-electron chi connectivity index (χ4n) is 1.57. The van der Waals surface area contributed by atoms with Gasteiger partial charge in [-0.1, -0.05) is 0 Å². The van der Waals surface area contributed by atoms with E-state index in [0.29, 0.717) is 17.8 Å². The first kappa shape index (κ1) is 14.1. The van der Waals surface area contributed by atoms with Crippen molar-refractivity contribution < 1.29 is 22.4 Å². The number of hydrogen-bond acceptors (Lipinski definition) is 3. The third kappa shape index (κ3) is 3.84. The topological polar surface area (TPSA) is 55.1 Å². The Hall–Kier alpha value is -2.31. The molecule has 1 N–H and O–H groups in total. The maximum Gasteiger partial charge on any atom is 0.416 e. The Balaban J connectivity index is 1.88. The number of carbonyl (C=O) groups is 1. The highest BCUT2D eigenvalue weighted by Gasteiger charge is 2.29. The van der Waals surface area contributed by atoms with Crippen LogP contribution in [0.15, 0.2) is 41.3 Å². The van der Waals surface area contributed by atoms with Crippen LogP contribution < -0.4 is 5.32 Å². The van der Waals surface area contributed by atoms with E-state index < -0.39 is 11.7 Å². The molecule has 2 aromatic rings. The van der Waals surface area contributed by atoms with Crippen LogP contribution in [0, 0.1) is 0 Å². The van der Waals surface area contributed by atoms with Gasteiger partial charge in [0.2, 0.25) is 5.91 Å². The van der Waals surface area contributed by atoms with Crippen molar-refractivity contribution in [1.82, 2.24) is 4.98 Å². The fraction of sp³-hybridized carbons (Fsp3) is 0.231. The highest BCUT2D eigenvalue weighted by molar-refractivity contribution is 5.90. The lowest BCUT2D eigenvalue weighted by molar-refractivity contribution is -0.137. The molecule has 0 spiro atoms. The van der Waals surface area contributed by atoms with Gasteiger partial charge in [-0.25, -0.2) is 4.98 Å². The number of anilines is 1. The molecule has 0 atom stereocenters. The van der Waals surface area contributed by atoms with E-state index in [1.165, 1.54) is 24.8 Å². The molecule has 0 saturated heterocycles. The van der Waals surface area contributed by atoms with Gasteiger partial charge >= 0.3 is 6.18 Å². The molecule has 0 bridgehead atoms. The molecule has 0 aliphatic rings.